The Morgan fingerprint density at radius 3 is 2.75 bits per heavy atom. The molecule has 0 spiro atoms. The van der Waals surface area contributed by atoms with E-state index in [1.807, 2.05) is 24.3 Å². The summed E-state index contributed by atoms with van der Waals surface area (Å²) in [5.74, 6) is 0.237. The molecule has 0 saturated heterocycles. The second-order valence-corrected chi connectivity index (χ2v) is 6.00. The second-order valence-electron chi connectivity index (χ2n) is 6.00. The summed E-state index contributed by atoms with van der Waals surface area (Å²) in [4.78, 5) is 25.3. The van der Waals surface area contributed by atoms with Gasteiger partial charge in [-0.2, -0.15) is 0 Å². The lowest BCUT2D eigenvalue weighted by atomic mass is 9.93. The van der Waals surface area contributed by atoms with Gasteiger partial charge in [-0.15, -0.1) is 0 Å². The predicted octanol–water partition coefficient (Wildman–Crippen LogP) is 3.44. The molecule has 1 atom stereocenters. The second kappa shape index (κ2) is 6.31. The van der Waals surface area contributed by atoms with Crippen molar-refractivity contribution in [1.82, 2.24) is 0 Å². The first-order valence-corrected chi connectivity index (χ1v) is 7.73. The number of carbonyl (C=O) groups excluding carboxylic acids is 1. The Balaban J connectivity index is 2.01. The summed E-state index contributed by atoms with van der Waals surface area (Å²) in [5, 5.41) is 11.2. The molecule has 0 saturated carbocycles. The third-order valence-electron chi connectivity index (χ3n) is 4.21. The van der Waals surface area contributed by atoms with Gasteiger partial charge in [-0.1, -0.05) is 25.1 Å². The molecular formula is C18H18N2O4. The number of anilines is 1. The third kappa shape index (κ3) is 2.82. The van der Waals surface area contributed by atoms with E-state index in [1.54, 1.807) is 11.0 Å². The van der Waals surface area contributed by atoms with Crippen LogP contribution in [0.4, 0.5) is 11.4 Å². The lowest BCUT2D eigenvalue weighted by Gasteiger charge is -2.33. The number of rotatable bonds is 3. The monoisotopic (exact) mass is 326 g/mol. The molecule has 124 valence electrons. The first-order valence-electron chi connectivity index (χ1n) is 7.73. The van der Waals surface area contributed by atoms with Crippen LogP contribution in [-0.2, 0) is 6.42 Å². The Hall–Kier alpha value is -2.89. The van der Waals surface area contributed by atoms with Gasteiger partial charge in [0.2, 0.25) is 0 Å². The van der Waals surface area contributed by atoms with Gasteiger partial charge in [0.05, 0.1) is 12.0 Å². The van der Waals surface area contributed by atoms with Gasteiger partial charge >= 0.3 is 5.69 Å². The Labute approximate surface area is 139 Å². The first-order chi connectivity index (χ1) is 11.5. The summed E-state index contributed by atoms with van der Waals surface area (Å²) in [6.45, 7) is 2.68. The summed E-state index contributed by atoms with van der Waals surface area (Å²) >= 11 is 0. The highest BCUT2D eigenvalue weighted by atomic mass is 16.6. The number of nitro groups is 1. The van der Waals surface area contributed by atoms with Crippen molar-refractivity contribution in [3.8, 4) is 5.75 Å². The topological polar surface area (TPSA) is 72.7 Å². The SMILES string of the molecule is COc1ccc(C(=O)N2CC(C)Cc3ccccc32)cc1[N+](=O)[O-]. The van der Waals surface area contributed by atoms with Crippen molar-refractivity contribution < 1.29 is 14.5 Å². The third-order valence-corrected chi connectivity index (χ3v) is 4.21. The van der Waals surface area contributed by atoms with Gasteiger partial charge in [0, 0.05) is 23.9 Å². The molecule has 24 heavy (non-hydrogen) atoms. The molecule has 0 aromatic heterocycles. The number of nitro benzene ring substituents is 1. The number of carbonyl (C=O) groups is 1. The minimum Gasteiger partial charge on any atom is -0.490 e. The molecule has 6 heteroatoms. The zero-order valence-corrected chi connectivity index (χ0v) is 13.6. The van der Waals surface area contributed by atoms with E-state index in [9.17, 15) is 14.9 Å². The Bertz CT molecular complexity index is 803. The van der Waals surface area contributed by atoms with E-state index in [4.69, 9.17) is 4.74 Å². The molecule has 0 aliphatic carbocycles. The van der Waals surface area contributed by atoms with Crippen LogP contribution in [0.5, 0.6) is 5.75 Å². The molecule has 0 bridgehead atoms. The molecule has 6 nitrogen and oxygen atoms in total. The van der Waals surface area contributed by atoms with Crippen LogP contribution in [0, 0.1) is 16.0 Å². The quantitative estimate of drug-likeness (QED) is 0.640. The van der Waals surface area contributed by atoms with Crippen LogP contribution in [0.1, 0.15) is 22.8 Å². The van der Waals surface area contributed by atoms with Crippen molar-refractivity contribution >= 4 is 17.3 Å². The molecule has 0 N–H and O–H groups in total. The van der Waals surface area contributed by atoms with Crippen LogP contribution < -0.4 is 9.64 Å². The van der Waals surface area contributed by atoms with Crippen molar-refractivity contribution in [2.75, 3.05) is 18.6 Å². The average molecular weight is 326 g/mol. The minimum absolute atomic E-state index is 0.143. The van der Waals surface area contributed by atoms with Crippen molar-refractivity contribution in [2.45, 2.75) is 13.3 Å². The molecule has 2 aromatic carbocycles. The lowest BCUT2D eigenvalue weighted by molar-refractivity contribution is -0.385. The van der Waals surface area contributed by atoms with Crippen molar-refractivity contribution in [3.63, 3.8) is 0 Å². The number of para-hydroxylation sites is 1. The molecule has 1 aliphatic heterocycles. The maximum Gasteiger partial charge on any atom is 0.311 e. The van der Waals surface area contributed by atoms with Crippen LogP contribution in [0.25, 0.3) is 0 Å². The molecule has 1 aliphatic rings. The fraction of sp³-hybridized carbons (Fsp3) is 0.278. The van der Waals surface area contributed by atoms with Gasteiger partial charge in [-0.05, 0) is 36.1 Å². The molecule has 2 aromatic rings. The number of benzene rings is 2. The maximum absolute atomic E-state index is 12.9. The summed E-state index contributed by atoms with van der Waals surface area (Å²) in [7, 11) is 1.37. The summed E-state index contributed by atoms with van der Waals surface area (Å²) in [6.07, 6.45) is 0.919. The standard InChI is InChI=1S/C18H18N2O4/c1-12-9-13-5-3-4-6-15(13)19(11-12)18(21)14-7-8-17(24-2)16(10-14)20(22)23/h3-8,10,12H,9,11H2,1-2H3. The van der Waals surface area contributed by atoms with E-state index >= 15 is 0 Å². The van der Waals surface area contributed by atoms with Crippen LogP contribution in [-0.4, -0.2) is 24.5 Å². The fourth-order valence-corrected chi connectivity index (χ4v) is 3.11. The first kappa shape index (κ1) is 16.0. The van der Waals surface area contributed by atoms with Gasteiger partial charge in [-0.25, -0.2) is 0 Å². The highest BCUT2D eigenvalue weighted by Gasteiger charge is 2.28. The van der Waals surface area contributed by atoms with Crippen LogP contribution in [0.3, 0.4) is 0 Å². The van der Waals surface area contributed by atoms with E-state index < -0.39 is 4.92 Å². The minimum atomic E-state index is -0.539. The van der Waals surface area contributed by atoms with Crippen molar-refractivity contribution in [3.05, 3.63) is 63.7 Å². The summed E-state index contributed by atoms with van der Waals surface area (Å²) in [5.41, 5.74) is 2.07. The predicted molar refractivity (Wildman–Crippen MR) is 90.6 cm³/mol. The Morgan fingerprint density at radius 2 is 2.04 bits per heavy atom. The normalized spacial score (nSPS) is 16.4. The van der Waals surface area contributed by atoms with Gasteiger partial charge in [-0.3, -0.25) is 14.9 Å². The molecule has 0 radical (unpaired) electrons. The number of hydrogen-bond acceptors (Lipinski definition) is 4. The molecule has 1 heterocycles. The molecule has 3 rings (SSSR count). The summed E-state index contributed by atoms with van der Waals surface area (Å²) < 4.78 is 4.99. The Kier molecular flexibility index (Phi) is 4.20. The highest BCUT2D eigenvalue weighted by Crippen LogP contribution is 2.32. The number of hydrogen-bond donors (Lipinski definition) is 0. The smallest absolute Gasteiger partial charge is 0.311 e. The van der Waals surface area contributed by atoms with E-state index in [0.717, 1.165) is 17.7 Å². The van der Waals surface area contributed by atoms with E-state index in [0.29, 0.717) is 12.5 Å². The molecule has 1 unspecified atom stereocenters. The Morgan fingerprint density at radius 1 is 1.29 bits per heavy atom. The van der Waals surface area contributed by atoms with Crippen LogP contribution >= 0.6 is 0 Å². The van der Waals surface area contributed by atoms with Gasteiger partial charge in [0.1, 0.15) is 0 Å². The number of methoxy groups -OCH3 is 1. The number of ether oxygens (including phenoxy) is 1. The van der Waals surface area contributed by atoms with Crippen LogP contribution in [0.15, 0.2) is 42.5 Å². The van der Waals surface area contributed by atoms with Gasteiger partial charge in [0.25, 0.3) is 5.91 Å². The van der Waals surface area contributed by atoms with E-state index in [2.05, 4.69) is 6.92 Å². The number of fused-ring (bicyclic) bond motifs is 1. The fourth-order valence-electron chi connectivity index (χ4n) is 3.11. The molecule has 1 amide bonds. The molecule has 0 fully saturated rings. The zero-order valence-electron chi connectivity index (χ0n) is 13.6. The van der Waals surface area contributed by atoms with Gasteiger partial charge < -0.3 is 9.64 Å². The molecular weight excluding hydrogens is 308 g/mol. The van der Waals surface area contributed by atoms with Gasteiger partial charge in [0.15, 0.2) is 5.75 Å². The largest absolute Gasteiger partial charge is 0.490 e. The lowest BCUT2D eigenvalue weighted by Crippen LogP contribution is -2.39. The number of amides is 1. The average Bonchev–Trinajstić information content (AvgIpc) is 2.59. The van der Waals surface area contributed by atoms with E-state index in [-0.39, 0.29) is 22.9 Å². The van der Waals surface area contributed by atoms with Crippen molar-refractivity contribution in [1.29, 1.82) is 0 Å². The van der Waals surface area contributed by atoms with Crippen molar-refractivity contribution in [2.24, 2.45) is 5.92 Å². The van der Waals surface area contributed by atoms with E-state index in [1.165, 1.54) is 19.2 Å². The zero-order chi connectivity index (χ0) is 17.3. The number of nitrogens with zero attached hydrogens (tertiary/aromatic N) is 2. The summed E-state index contributed by atoms with van der Waals surface area (Å²) in [6, 6.07) is 12.1. The highest BCUT2D eigenvalue weighted by molar-refractivity contribution is 6.07. The maximum atomic E-state index is 12.9. The van der Waals surface area contributed by atoms with Crippen LogP contribution in [0.2, 0.25) is 0 Å².